The number of rotatable bonds is 7. The first kappa shape index (κ1) is 17.6. The number of likely N-dealkylation sites (N-methyl/N-ethyl adjacent to an activating group) is 1. The summed E-state index contributed by atoms with van der Waals surface area (Å²) in [6.45, 7) is 2.80. The third kappa shape index (κ3) is 5.14. The van der Waals surface area contributed by atoms with Crippen LogP contribution in [-0.4, -0.2) is 65.6 Å². The van der Waals surface area contributed by atoms with Gasteiger partial charge in [0.05, 0.1) is 0 Å². The predicted octanol–water partition coefficient (Wildman–Crippen LogP) is 1.82. The molecule has 1 N–H and O–H groups in total. The molecule has 1 saturated heterocycles. The number of ether oxygens (including phenoxy) is 1. The summed E-state index contributed by atoms with van der Waals surface area (Å²) in [6.07, 6.45) is 3.42. The number of nitrogens with zero attached hydrogens (tertiary/aromatic N) is 4. The molecule has 0 radical (unpaired) electrons. The average Bonchev–Trinajstić information content (AvgIpc) is 2.68. The van der Waals surface area contributed by atoms with Gasteiger partial charge in [0.2, 0.25) is 0 Å². The topological polar surface area (TPSA) is 61.7 Å². The summed E-state index contributed by atoms with van der Waals surface area (Å²) >= 11 is 0. The third-order valence-electron chi connectivity index (χ3n) is 4.59. The molecule has 0 bridgehead atoms. The van der Waals surface area contributed by atoms with Crippen LogP contribution in [0.2, 0.25) is 0 Å². The molecule has 6 heteroatoms. The average molecular weight is 342 g/mol. The van der Waals surface area contributed by atoms with Gasteiger partial charge >= 0.3 is 0 Å². The first-order valence-corrected chi connectivity index (χ1v) is 8.81. The molecular weight excluding hydrogens is 316 g/mol. The minimum Gasteiger partial charge on any atom is -0.491 e. The maximum atomic E-state index is 10.3. The first-order valence-electron chi connectivity index (χ1n) is 8.81. The summed E-state index contributed by atoms with van der Waals surface area (Å²) < 4.78 is 5.64. The monoisotopic (exact) mass is 342 g/mol. The molecule has 2 unspecified atom stereocenters. The molecule has 1 aromatic heterocycles. The smallest absolute Gasteiger partial charge is 0.151 e. The van der Waals surface area contributed by atoms with Gasteiger partial charge in [-0.1, -0.05) is 18.2 Å². The summed E-state index contributed by atoms with van der Waals surface area (Å²) in [6, 6.07) is 13.9. The maximum absolute atomic E-state index is 10.3. The van der Waals surface area contributed by atoms with E-state index in [0.29, 0.717) is 19.2 Å². The van der Waals surface area contributed by atoms with E-state index in [1.54, 1.807) is 6.20 Å². The second-order valence-corrected chi connectivity index (χ2v) is 6.54. The van der Waals surface area contributed by atoms with E-state index < -0.39 is 6.10 Å². The normalized spacial score (nSPS) is 19.0. The Labute approximate surface area is 149 Å². The largest absolute Gasteiger partial charge is 0.491 e. The van der Waals surface area contributed by atoms with Crippen molar-refractivity contribution in [3.8, 4) is 5.75 Å². The van der Waals surface area contributed by atoms with Gasteiger partial charge in [-0.2, -0.15) is 5.10 Å². The predicted molar refractivity (Wildman–Crippen MR) is 97.8 cm³/mol. The van der Waals surface area contributed by atoms with Crippen molar-refractivity contribution in [3.63, 3.8) is 0 Å². The fraction of sp³-hybridized carbons (Fsp3) is 0.474. The minimum atomic E-state index is -0.517. The van der Waals surface area contributed by atoms with E-state index in [2.05, 4.69) is 27.0 Å². The van der Waals surface area contributed by atoms with Crippen molar-refractivity contribution in [2.24, 2.45) is 0 Å². The molecule has 0 aliphatic carbocycles. The summed E-state index contributed by atoms with van der Waals surface area (Å²) in [4.78, 5) is 4.49. The summed E-state index contributed by atoms with van der Waals surface area (Å²) in [5.41, 5.74) is 0. The number of aliphatic hydroxyl groups excluding tert-OH is 1. The van der Waals surface area contributed by atoms with E-state index in [0.717, 1.165) is 37.5 Å². The second kappa shape index (κ2) is 8.78. The molecule has 25 heavy (non-hydrogen) atoms. The quantitative estimate of drug-likeness (QED) is 0.828. The SMILES string of the molecule is CN(CC(O)COc1ccccc1)C1CCCN(c2cccnn2)C1. The molecule has 1 aliphatic rings. The molecule has 1 fully saturated rings. The van der Waals surface area contributed by atoms with Crippen molar-refractivity contribution in [1.29, 1.82) is 0 Å². The maximum Gasteiger partial charge on any atom is 0.151 e. The summed E-state index contributed by atoms with van der Waals surface area (Å²) in [5, 5.41) is 18.5. The number of para-hydroxylation sites is 1. The van der Waals surface area contributed by atoms with Crippen LogP contribution in [-0.2, 0) is 0 Å². The van der Waals surface area contributed by atoms with Crippen molar-refractivity contribution in [2.75, 3.05) is 38.2 Å². The molecule has 2 aromatic rings. The van der Waals surface area contributed by atoms with Crippen LogP contribution in [0.15, 0.2) is 48.7 Å². The van der Waals surface area contributed by atoms with Gasteiger partial charge < -0.3 is 14.7 Å². The Balaban J connectivity index is 1.47. The van der Waals surface area contributed by atoms with Crippen LogP contribution < -0.4 is 9.64 Å². The number of benzene rings is 1. The lowest BCUT2D eigenvalue weighted by Crippen LogP contribution is -2.49. The van der Waals surface area contributed by atoms with Gasteiger partial charge in [-0.05, 0) is 44.2 Å². The Morgan fingerprint density at radius 3 is 2.88 bits per heavy atom. The Kier molecular flexibility index (Phi) is 6.19. The highest BCUT2D eigenvalue weighted by Crippen LogP contribution is 2.20. The van der Waals surface area contributed by atoms with Crippen LogP contribution in [0, 0.1) is 0 Å². The fourth-order valence-corrected chi connectivity index (χ4v) is 3.23. The van der Waals surface area contributed by atoms with Crippen LogP contribution in [0.3, 0.4) is 0 Å². The zero-order valence-electron chi connectivity index (χ0n) is 14.7. The summed E-state index contributed by atoms with van der Waals surface area (Å²) in [7, 11) is 2.07. The number of anilines is 1. The van der Waals surface area contributed by atoms with Crippen LogP contribution >= 0.6 is 0 Å². The van der Waals surface area contributed by atoms with E-state index in [-0.39, 0.29) is 0 Å². The van der Waals surface area contributed by atoms with Gasteiger partial charge in [-0.3, -0.25) is 4.90 Å². The summed E-state index contributed by atoms with van der Waals surface area (Å²) in [5.74, 6) is 1.71. The van der Waals surface area contributed by atoms with Crippen molar-refractivity contribution < 1.29 is 9.84 Å². The van der Waals surface area contributed by atoms with E-state index in [4.69, 9.17) is 4.74 Å². The minimum absolute atomic E-state index is 0.301. The standard InChI is InChI=1S/C19H26N4O2/c1-22(14-17(24)15-25-18-8-3-2-4-9-18)16-7-6-12-23(13-16)19-10-5-11-20-21-19/h2-5,8-11,16-17,24H,6-7,12-15H2,1H3. The molecule has 6 nitrogen and oxygen atoms in total. The van der Waals surface area contributed by atoms with Gasteiger partial charge in [-0.25, -0.2) is 0 Å². The highest BCUT2D eigenvalue weighted by molar-refractivity contribution is 5.37. The second-order valence-electron chi connectivity index (χ2n) is 6.54. The molecule has 1 aromatic carbocycles. The fourth-order valence-electron chi connectivity index (χ4n) is 3.23. The van der Waals surface area contributed by atoms with E-state index in [1.165, 1.54) is 0 Å². The molecule has 2 atom stereocenters. The number of aromatic nitrogens is 2. The molecule has 0 saturated carbocycles. The van der Waals surface area contributed by atoms with E-state index >= 15 is 0 Å². The van der Waals surface area contributed by atoms with Crippen molar-refractivity contribution in [3.05, 3.63) is 48.7 Å². The molecule has 2 heterocycles. The van der Waals surface area contributed by atoms with Crippen molar-refractivity contribution in [2.45, 2.75) is 25.0 Å². The number of hydrogen-bond donors (Lipinski definition) is 1. The zero-order valence-corrected chi connectivity index (χ0v) is 14.7. The van der Waals surface area contributed by atoms with Gasteiger partial charge in [0.25, 0.3) is 0 Å². The van der Waals surface area contributed by atoms with E-state index in [1.807, 2.05) is 42.5 Å². The molecule has 3 rings (SSSR count). The third-order valence-corrected chi connectivity index (χ3v) is 4.59. The van der Waals surface area contributed by atoms with E-state index in [9.17, 15) is 5.11 Å². The number of aliphatic hydroxyl groups is 1. The van der Waals surface area contributed by atoms with Gasteiger partial charge in [0, 0.05) is 31.9 Å². The highest BCUT2D eigenvalue weighted by atomic mass is 16.5. The molecule has 0 spiro atoms. The van der Waals surface area contributed by atoms with Crippen LogP contribution in [0.4, 0.5) is 5.82 Å². The van der Waals surface area contributed by atoms with Gasteiger partial charge in [0.15, 0.2) is 5.82 Å². The molecule has 1 aliphatic heterocycles. The molecule has 0 amide bonds. The van der Waals surface area contributed by atoms with Gasteiger partial charge in [-0.15, -0.1) is 5.10 Å². The number of piperidine rings is 1. The lowest BCUT2D eigenvalue weighted by molar-refractivity contribution is 0.0603. The van der Waals surface area contributed by atoms with Crippen LogP contribution in [0.5, 0.6) is 5.75 Å². The Hall–Kier alpha value is -2.18. The number of hydrogen-bond acceptors (Lipinski definition) is 6. The Morgan fingerprint density at radius 2 is 2.12 bits per heavy atom. The Bertz CT molecular complexity index is 626. The molecular formula is C19H26N4O2. The lowest BCUT2D eigenvalue weighted by Gasteiger charge is -2.38. The molecule has 134 valence electrons. The first-order chi connectivity index (χ1) is 12.2. The van der Waals surface area contributed by atoms with Crippen LogP contribution in [0.1, 0.15) is 12.8 Å². The van der Waals surface area contributed by atoms with Crippen molar-refractivity contribution >= 4 is 5.82 Å². The zero-order chi connectivity index (χ0) is 17.5. The van der Waals surface area contributed by atoms with Crippen molar-refractivity contribution in [1.82, 2.24) is 15.1 Å². The van der Waals surface area contributed by atoms with Crippen LogP contribution in [0.25, 0.3) is 0 Å². The van der Waals surface area contributed by atoms with Gasteiger partial charge in [0.1, 0.15) is 18.5 Å². The lowest BCUT2D eigenvalue weighted by atomic mass is 10.0. The Morgan fingerprint density at radius 1 is 1.28 bits per heavy atom. The highest BCUT2D eigenvalue weighted by Gasteiger charge is 2.25.